The lowest BCUT2D eigenvalue weighted by molar-refractivity contribution is -0.123. The molecule has 3 aromatic carbocycles. The molecule has 0 atom stereocenters. The Morgan fingerprint density at radius 3 is 2.54 bits per heavy atom. The van der Waals surface area contributed by atoms with Crippen LogP contribution >= 0.6 is 0 Å². The van der Waals surface area contributed by atoms with Crippen molar-refractivity contribution in [1.29, 1.82) is 0 Å². The highest BCUT2D eigenvalue weighted by molar-refractivity contribution is 5.97. The average molecular weight is 344 g/mol. The standard InChI is InChI=1S/C22H20N2O2/c1-17(11-12-18-7-3-2-4-8-18)23-24-22(25)16-26-21-14-13-19-9-5-6-10-20(19)15-21/h2-15H,16H2,1H3,(H,24,25)/b12-11-,23-17?. The fourth-order valence-electron chi connectivity index (χ4n) is 2.41. The SMILES string of the molecule is CC(/C=C\c1ccccc1)=NNC(=O)COc1ccc2ccccc2c1. The van der Waals surface area contributed by atoms with E-state index in [9.17, 15) is 4.79 Å². The molecule has 3 aromatic rings. The van der Waals surface area contributed by atoms with Crippen molar-refractivity contribution in [3.05, 3.63) is 84.4 Å². The Morgan fingerprint density at radius 2 is 1.73 bits per heavy atom. The van der Waals surface area contributed by atoms with Crippen molar-refractivity contribution in [2.45, 2.75) is 6.92 Å². The summed E-state index contributed by atoms with van der Waals surface area (Å²) in [4.78, 5) is 11.9. The lowest BCUT2D eigenvalue weighted by atomic mass is 10.1. The van der Waals surface area contributed by atoms with Crippen LogP contribution in [-0.2, 0) is 4.79 Å². The van der Waals surface area contributed by atoms with Gasteiger partial charge in [0.15, 0.2) is 6.61 Å². The molecule has 130 valence electrons. The normalized spacial score (nSPS) is 11.7. The predicted octanol–water partition coefficient (Wildman–Crippen LogP) is 4.42. The second-order valence-corrected chi connectivity index (χ2v) is 5.83. The number of ether oxygens (including phenoxy) is 1. The van der Waals surface area contributed by atoms with Gasteiger partial charge in [-0.1, -0.05) is 66.7 Å². The number of benzene rings is 3. The second-order valence-electron chi connectivity index (χ2n) is 5.83. The van der Waals surface area contributed by atoms with E-state index in [0.717, 1.165) is 16.3 Å². The summed E-state index contributed by atoms with van der Waals surface area (Å²) in [6.45, 7) is 1.74. The quantitative estimate of drug-likeness (QED) is 0.531. The highest BCUT2D eigenvalue weighted by Gasteiger charge is 2.02. The van der Waals surface area contributed by atoms with Crippen molar-refractivity contribution in [3.63, 3.8) is 0 Å². The van der Waals surface area contributed by atoms with Crippen molar-refractivity contribution in [1.82, 2.24) is 5.43 Å². The number of hydrogen-bond acceptors (Lipinski definition) is 3. The summed E-state index contributed by atoms with van der Waals surface area (Å²) in [5, 5.41) is 6.26. The van der Waals surface area contributed by atoms with Crippen LogP contribution in [0, 0.1) is 0 Å². The summed E-state index contributed by atoms with van der Waals surface area (Å²) in [5.74, 6) is 0.356. The van der Waals surface area contributed by atoms with Gasteiger partial charge in [-0.15, -0.1) is 0 Å². The van der Waals surface area contributed by atoms with E-state index in [1.54, 1.807) is 0 Å². The maximum Gasteiger partial charge on any atom is 0.277 e. The zero-order valence-corrected chi connectivity index (χ0v) is 14.6. The Bertz CT molecular complexity index is 947. The molecule has 0 radical (unpaired) electrons. The minimum absolute atomic E-state index is 0.0858. The van der Waals surface area contributed by atoms with Crippen LogP contribution in [-0.4, -0.2) is 18.2 Å². The van der Waals surface area contributed by atoms with Gasteiger partial charge >= 0.3 is 0 Å². The molecular formula is C22H20N2O2. The van der Waals surface area contributed by atoms with Crippen LogP contribution in [0.3, 0.4) is 0 Å². The van der Waals surface area contributed by atoms with Crippen molar-refractivity contribution in [3.8, 4) is 5.75 Å². The molecule has 0 bridgehead atoms. The monoisotopic (exact) mass is 344 g/mol. The molecule has 4 nitrogen and oxygen atoms in total. The summed E-state index contributed by atoms with van der Waals surface area (Å²) in [6, 6.07) is 23.7. The Kier molecular flexibility index (Phi) is 5.78. The number of allylic oxidation sites excluding steroid dienone is 1. The number of nitrogens with zero attached hydrogens (tertiary/aromatic N) is 1. The molecule has 0 fully saturated rings. The molecule has 0 unspecified atom stereocenters. The first kappa shape index (κ1) is 17.4. The minimum atomic E-state index is -0.300. The molecule has 0 saturated heterocycles. The first-order valence-electron chi connectivity index (χ1n) is 8.38. The number of amides is 1. The van der Waals surface area contributed by atoms with E-state index >= 15 is 0 Å². The summed E-state index contributed by atoms with van der Waals surface area (Å²) < 4.78 is 5.54. The Hall–Kier alpha value is -3.40. The molecule has 0 aromatic heterocycles. The number of rotatable bonds is 6. The number of hydrazone groups is 1. The number of carbonyl (C=O) groups excluding carboxylic acids is 1. The predicted molar refractivity (Wildman–Crippen MR) is 106 cm³/mol. The molecule has 0 heterocycles. The van der Waals surface area contributed by atoms with Gasteiger partial charge < -0.3 is 4.74 Å². The molecule has 0 aliphatic rings. The fraction of sp³-hybridized carbons (Fsp3) is 0.0909. The topological polar surface area (TPSA) is 50.7 Å². The first-order chi connectivity index (χ1) is 12.7. The Labute approximate surface area is 152 Å². The van der Waals surface area contributed by atoms with Gasteiger partial charge in [-0.05, 0) is 41.5 Å². The maximum absolute atomic E-state index is 11.9. The van der Waals surface area contributed by atoms with Gasteiger partial charge in [-0.2, -0.15) is 5.10 Å². The van der Waals surface area contributed by atoms with E-state index in [0.29, 0.717) is 11.5 Å². The lowest BCUT2D eigenvalue weighted by Gasteiger charge is -2.06. The van der Waals surface area contributed by atoms with E-state index in [1.807, 2.05) is 91.9 Å². The third kappa shape index (κ3) is 5.05. The Balaban J connectivity index is 1.50. The van der Waals surface area contributed by atoms with Crippen molar-refractivity contribution >= 4 is 28.5 Å². The van der Waals surface area contributed by atoms with Crippen LogP contribution in [0.15, 0.2) is 84.0 Å². The summed E-state index contributed by atoms with van der Waals surface area (Å²) >= 11 is 0. The number of hydrogen-bond donors (Lipinski definition) is 1. The maximum atomic E-state index is 11.9. The third-order valence-corrected chi connectivity index (χ3v) is 3.76. The summed E-state index contributed by atoms with van der Waals surface area (Å²) in [5.41, 5.74) is 4.28. The van der Waals surface area contributed by atoms with Gasteiger partial charge in [0, 0.05) is 0 Å². The zero-order valence-electron chi connectivity index (χ0n) is 14.6. The summed E-state index contributed by atoms with van der Waals surface area (Å²) in [6.07, 6.45) is 3.79. The molecule has 3 rings (SSSR count). The molecule has 26 heavy (non-hydrogen) atoms. The van der Waals surface area contributed by atoms with E-state index in [-0.39, 0.29) is 12.5 Å². The largest absolute Gasteiger partial charge is 0.484 e. The van der Waals surface area contributed by atoms with E-state index in [2.05, 4.69) is 10.5 Å². The molecule has 1 amide bonds. The van der Waals surface area contributed by atoms with Crippen molar-refractivity contribution in [2.24, 2.45) is 5.10 Å². The van der Waals surface area contributed by atoms with Crippen LogP contribution in [0.2, 0.25) is 0 Å². The van der Waals surface area contributed by atoms with E-state index in [4.69, 9.17) is 4.74 Å². The summed E-state index contributed by atoms with van der Waals surface area (Å²) in [7, 11) is 0. The van der Waals surface area contributed by atoms with Gasteiger partial charge in [-0.3, -0.25) is 4.79 Å². The molecule has 1 N–H and O–H groups in total. The number of carbonyl (C=O) groups is 1. The van der Waals surface area contributed by atoms with Crippen molar-refractivity contribution < 1.29 is 9.53 Å². The average Bonchev–Trinajstić information content (AvgIpc) is 2.69. The van der Waals surface area contributed by atoms with Gasteiger partial charge in [0.25, 0.3) is 5.91 Å². The van der Waals surface area contributed by atoms with Crippen LogP contribution in [0.4, 0.5) is 0 Å². The molecule has 0 aliphatic carbocycles. The fourth-order valence-corrected chi connectivity index (χ4v) is 2.41. The van der Waals surface area contributed by atoms with Gasteiger partial charge in [0.2, 0.25) is 0 Å². The van der Waals surface area contributed by atoms with Crippen LogP contribution in [0.1, 0.15) is 12.5 Å². The second kappa shape index (κ2) is 8.62. The first-order valence-corrected chi connectivity index (χ1v) is 8.38. The highest BCUT2D eigenvalue weighted by atomic mass is 16.5. The van der Waals surface area contributed by atoms with Crippen LogP contribution < -0.4 is 10.2 Å². The van der Waals surface area contributed by atoms with E-state index in [1.165, 1.54) is 0 Å². The highest BCUT2D eigenvalue weighted by Crippen LogP contribution is 2.20. The molecule has 4 heteroatoms. The lowest BCUT2D eigenvalue weighted by Crippen LogP contribution is -2.25. The van der Waals surface area contributed by atoms with E-state index < -0.39 is 0 Å². The smallest absolute Gasteiger partial charge is 0.277 e. The molecule has 0 aliphatic heterocycles. The third-order valence-electron chi connectivity index (χ3n) is 3.76. The molecule has 0 spiro atoms. The van der Waals surface area contributed by atoms with Crippen molar-refractivity contribution in [2.75, 3.05) is 6.61 Å². The molecule has 0 saturated carbocycles. The van der Waals surface area contributed by atoms with Gasteiger partial charge in [0.05, 0.1) is 5.71 Å². The molecular weight excluding hydrogens is 324 g/mol. The number of nitrogens with one attached hydrogen (secondary N) is 1. The minimum Gasteiger partial charge on any atom is -0.484 e. The Morgan fingerprint density at radius 1 is 1.00 bits per heavy atom. The zero-order chi connectivity index (χ0) is 18.2. The van der Waals surface area contributed by atoms with Crippen LogP contribution in [0.25, 0.3) is 16.8 Å². The van der Waals surface area contributed by atoms with Crippen LogP contribution in [0.5, 0.6) is 5.75 Å². The van der Waals surface area contributed by atoms with Gasteiger partial charge in [0.1, 0.15) is 5.75 Å². The number of fused-ring (bicyclic) bond motifs is 1. The van der Waals surface area contributed by atoms with Gasteiger partial charge in [-0.25, -0.2) is 5.43 Å².